The molecule has 22 heavy (non-hydrogen) atoms. The van der Waals surface area contributed by atoms with Crippen molar-refractivity contribution in [3.8, 4) is 0 Å². The Morgan fingerprint density at radius 3 is 2.64 bits per heavy atom. The lowest BCUT2D eigenvalue weighted by Gasteiger charge is -2.10. The van der Waals surface area contributed by atoms with E-state index in [1.54, 1.807) is 18.4 Å². The van der Waals surface area contributed by atoms with Gasteiger partial charge in [-0.05, 0) is 38.8 Å². The van der Waals surface area contributed by atoms with Crippen LogP contribution in [0.1, 0.15) is 26.8 Å². The van der Waals surface area contributed by atoms with E-state index in [1.165, 1.54) is 10.4 Å². The first-order valence-corrected chi connectivity index (χ1v) is 8.19. The zero-order valence-corrected chi connectivity index (χ0v) is 14.4. The van der Waals surface area contributed by atoms with Crippen molar-refractivity contribution < 1.29 is 0 Å². The highest BCUT2D eigenvalue weighted by molar-refractivity contribution is 7.11. The Labute approximate surface area is 135 Å². The number of guanidine groups is 1. The monoisotopic (exact) mass is 317 g/mol. The lowest BCUT2D eigenvalue weighted by molar-refractivity contribution is 0.788. The van der Waals surface area contributed by atoms with Gasteiger partial charge in [0.15, 0.2) is 5.96 Å². The summed E-state index contributed by atoms with van der Waals surface area (Å²) in [5.41, 5.74) is 3.37. The number of hydrogen-bond donors (Lipinski definition) is 2. The fourth-order valence-electron chi connectivity index (χ4n) is 1.97. The second-order valence-corrected chi connectivity index (χ2v) is 6.45. The van der Waals surface area contributed by atoms with Crippen molar-refractivity contribution in [1.29, 1.82) is 0 Å². The highest BCUT2D eigenvalue weighted by atomic mass is 32.1. The Balaban J connectivity index is 1.76. The Bertz CT molecular complexity index is 611. The molecule has 0 aliphatic rings. The van der Waals surface area contributed by atoms with E-state index in [0.29, 0.717) is 6.54 Å². The van der Waals surface area contributed by atoms with Crippen LogP contribution in [0.25, 0.3) is 0 Å². The lowest BCUT2D eigenvalue weighted by atomic mass is 10.2. The first kappa shape index (κ1) is 16.4. The van der Waals surface area contributed by atoms with Crippen molar-refractivity contribution in [2.24, 2.45) is 4.99 Å². The van der Waals surface area contributed by atoms with Gasteiger partial charge in [-0.3, -0.25) is 9.98 Å². The minimum absolute atomic E-state index is 0.700. The van der Waals surface area contributed by atoms with Crippen LogP contribution in [0, 0.1) is 20.8 Å². The molecule has 0 spiro atoms. The number of rotatable bonds is 5. The van der Waals surface area contributed by atoms with E-state index in [9.17, 15) is 0 Å². The summed E-state index contributed by atoms with van der Waals surface area (Å²) in [6.07, 6.45) is 2.85. The Morgan fingerprint density at radius 2 is 2.05 bits per heavy atom. The van der Waals surface area contributed by atoms with Crippen molar-refractivity contribution in [2.75, 3.05) is 13.6 Å². The van der Waals surface area contributed by atoms with Crippen molar-refractivity contribution in [3.05, 3.63) is 45.2 Å². The van der Waals surface area contributed by atoms with Gasteiger partial charge >= 0.3 is 0 Å². The van der Waals surface area contributed by atoms with Crippen LogP contribution >= 0.6 is 11.3 Å². The molecule has 118 valence electrons. The van der Waals surface area contributed by atoms with Crippen LogP contribution in [-0.2, 0) is 13.0 Å². The number of aromatic nitrogens is 2. The number of hydrogen-bond acceptors (Lipinski definition) is 4. The first-order chi connectivity index (χ1) is 10.6. The molecule has 0 unspecified atom stereocenters. The van der Waals surface area contributed by atoms with E-state index in [2.05, 4.69) is 38.6 Å². The Kier molecular flexibility index (Phi) is 5.89. The summed E-state index contributed by atoms with van der Waals surface area (Å²) in [5, 5.41) is 7.69. The average molecular weight is 317 g/mol. The third-order valence-corrected chi connectivity index (χ3v) is 4.46. The van der Waals surface area contributed by atoms with Gasteiger partial charge in [-0.15, -0.1) is 11.3 Å². The topological polar surface area (TPSA) is 62.2 Å². The number of nitrogens with one attached hydrogen (secondary N) is 2. The van der Waals surface area contributed by atoms with Gasteiger partial charge in [0.2, 0.25) is 0 Å². The van der Waals surface area contributed by atoms with Gasteiger partial charge in [0.05, 0.1) is 12.2 Å². The highest BCUT2D eigenvalue weighted by Gasteiger charge is 2.04. The van der Waals surface area contributed by atoms with Crippen molar-refractivity contribution in [2.45, 2.75) is 33.7 Å². The molecule has 2 heterocycles. The second kappa shape index (κ2) is 7.89. The molecule has 5 nitrogen and oxygen atoms in total. The number of pyridine rings is 1. The van der Waals surface area contributed by atoms with Gasteiger partial charge in [-0.1, -0.05) is 6.07 Å². The Morgan fingerprint density at radius 1 is 1.23 bits per heavy atom. The highest BCUT2D eigenvalue weighted by Crippen LogP contribution is 2.15. The SMILES string of the molecule is CN=C(NCCc1ccc(C)nc1)NCc1nc(C)c(C)s1. The fourth-order valence-corrected chi connectivity index (χ4v) is 2.84. The van der Waals surface area contributed by atoms with E-state index in [4.69, 9.17) is 0 Å². The Hall–Kier alpha value is -1.95. The van der Waals surface area contributed by atoms with Crippen LogP contribution < -0.4 is 10.6 Å². The molecule has 0 radical (unpaired) electrons. The maximum atomic E-state index is 4.52. The van der Waals surface area contributed by atoms with Gasteiger partial charge < -0.3 is 10.6 Å². The molecular formula is C16H23N5S. The summed E-state index contributed by atoms with van der Waals surface area (Å²) < 4.78 is 0. The van der Waals surface area contributed by atoms with Crippen LogP contribution in [0.2, 0.25) is 0 Å². The van der Waals surface area contributed by atoms with Crippen LogP contribution in [-0.4, -0.2) is 29.5 Å². The number of thiazole rings is 1. The molecule has 0 bridgehead atoms. The van der Waals surface area contributed by atoms with Gasteiger partial charge in [0, 0.05) is 30.4 Å². The van der Waals surface area contributed by atoms with E-state index in [-0.39, 0.29) is 0 Å². The molecule has 2 aromatic rings. The van der Waals surface area contributed by atoms with Crippen molar-refractivity contribution in [3.63, 3.8) is 0 Å². The zero-order chi connectivity index (χ0) is 15.9. The zero-order valence-electron chi connectivity index (χ0n) is 13.6. The van der Waals surface area contributed by atoms with Gasteiger partial charge in [-0.25, -0.2) is 4.98 Å². The molecule has 0 aromatic carbocycles. The number of nitrogens with zero attached hydrogens (tertiary/aromatic N) is 3. The van der Waals surface area contributed by atoms with Crippen molar-refractivity contribution >= 4 is 17.3 Å². The minimum atomic E-state index is 0.700. The van der Waals surface area contributed by atoms with Gasteiger partial charge in [-0.2, -0.15) is 0 Å². The molecule has 0 aliphatic heterocycles. The summed E-state index contributed by atoms with van der Waals surface area (Å²) in [7, 11) is 1.78. The first-order valence-electron chi connectivity index (χ1n) is 7.37. The molecule has 2 rings (SSSR count). The summed E-state index contributed by atoms with van der Waals surface area (Å²) >= 11 is 1.72. The predicted octanol–water partition coefficient (Wildman–Crippen LogP) is 2.37. The number of aliphatic imine (C=N–C) groups is 1. The molecule has 0 amide bonds. The molecule has 2 N–H and O–H groups in total. The molecule has 6 heteroatoms. The van der Waals surface area contributed by atoms with Crippen LogP contribution in [0.3, 0.4) is 0 Å². The smallest absolute Gasteiger partial charge is 0.191 e. The fraction of sp³-hybridized carbons (Fsp3) is 0.438. The van der Waals surface area contributed by atoms with E-state index in [1.807, 2.05) is 26.1 Å². The number of aryl methyl sites for hydroxylation is 3. The molecule has 0 atom stereocenters. The quantitative estimate of drug-likeness (QED) is 0.656. The molecule has 0 fully saturated rings. The average Bonchev–Trinajstić information content (AvgIpc) is 2.83. The maximum Gasteiger partial charge on any atom is 0.191 e. The van der Waals surface area contributed by atoms with Gasteiger partial charge in [0.1, 0.15) is 5.01 Å². The minimum Gasteiger partial charge on any atom is -0.356 e. The van der Waals surface area contributed by atoms with E-state index >= 15 is 0 Å². The third kappa shape index (κ3) is 4.80. The normalized spacial score (nSPS) is 11.5. The second-order valence-electron chi connectivity index (χ2n) is 5.16. The maximum absolute atomic E-state index is 4.52. The summed E-state index contributed by atoms with van der Waals surface area (Å²) in [6.45, 7) is 7.65. The lowest BCUT2D eigenvalue weighted by Crippen LogP contribution is -2.37. The van der Waals surface area contributed by atoms with Crippen LogP contribution in [0.5, 0.6) is 0 Å². The third-order valence-electron chi connectivity index (χ3n) is 3.38. The van der Waals surface area contributed by atoms with E-state index in [0.717, 1.165) is 35.3 Å². The largest absolute Gasteiger partial charge is 0.356 e. The van der Waals surface area contributed by atoms with Crippen LogP contribution in [0.4, 0.5) is 0 Å². The standard InChI is InChI=1S/C16H23N5S/c1-11-5-6-14(9-19-11)7-8-18-16(17-4)20-10-15-21-12(2)13(3)22-15/h5-6,9H,7-8,10H2,1-4H3,(H2,17,18,20). The summed E-state index contributed by atoms with van der Waals surface area (Å²) in [5.74, 6) is 0.797. The molecule has 2 aromatic heterocycles. The summed E-state index contributed by atoms with van der Waals surface area (Å²) in [6, 6.07) is 4.15. The molecule has 0 aliphatic carbocycles. The predicted molar refractivity (Wildman–Crippen MR) is 92.5 cm³/mol. The van der Waals surface area contributed by atoms with Crippen LogP contribution in [0.15, 0.2) is 23.3 Å². The van der Waals surface area contributed by atoms with E-state index < -0.39 is 0 Å². The molecular weight excluding hydrogens is 294 g/mol. The molecule has 0 saturated carbocycles. The summed E-state index contributed by atoms with van der Waals surface area (Å²) in [4.78, 5) is 14.3. The van der Waals surface area contributed by atoms with Gasteiger partial charge in [0.25, 0.3) is 0 Å². The van der Waals surface area contributed by atoms with Crippen molar-refractivity contribution in [1.82, 2.24) is 20.6 Å². The molecule has 0 saturated heterocycles.